The summed E-state index contributed by atoms with van der Waals surface area (Å²) in [6.07, 6.45) is 6.73. The van der Waals surface area contributed by atoms with E-state index in [4.69, 9.17) is 4.74 Å². The first-order valence-electron chi connectivity index (χ1n) is 9.94. The lowest BCUT2D eigenvalue weighted by Gasteiger charge is -2.28. The molecule has 2 aliphatic rings. The van der Waals surface area contributed by atoms with Gasteiger partial charge in [-0.1, -0.05) is 43.5 Å². The second-order valence-corrected chi connectivity index (χ2v) is 7.44. The maximum Gasteiger partial charge on any atom is 0.329 e. The van der Waals surface area contributed by atoms with E-state index in [9.17, 15) is 14.0 Å². The monoisotopic (exact) mass is 394 g/mol. The molecule has 2 aromatic rings. The lowest BCUT2D eigenvalue weighted by Crippen LogP contribution is -2.41. The van der Waals surface area contributed by atoms with Crippen LogP contribution in [0, 0.1) is 5.82 Å². The van der Waals surface area contributed by atoms with Crippen molar-refractivity contribution in [3.05, 3.63) is 71.2 Å². The number of amides is 3. The van der Waals surface area contributed by atoms with E-state index in [2.05, 4.69) is 5.32 Å². The van der Waals surface area contributed by atoms with Gasteiger partial charge in [-0.15, -0.1) is 0 Å². The second-order valence-electron chi connectivity index (χ2n) is 7.44. The average molecular weight is 394 g/mol. The number of ether oxygens (including phenoxy) is 1. The molecule has 0 bridgehead atoms. The van der Waals surface area contributed by atoms with Gasteiger partial charge in [0.25, 0.3) is 5.91 Å². The van der Waals surface area contributed by atoms with E-state index in [1.54, 1.807) is 30.3 Å². The number of halogens is 1. The second kappa shape index (κ2) is 8.47. The quantitative estimate of drug-likeness (QED) is 0.594. The van der Waals surface area contributed by atoms with Gasteiger partial charge in [-0.25, -0.2) is 9.18 Å². The number of nitrogens with zero attached hydrogens (tertiary/aromatic N) is 1. The van der Waals surface area contributed by atoms with Crippen LogP contribution in [0.15, 0.2) is 54.2 Å². The van der Waals surface area contributed by atoms with Crippen LogP contribution >= 0.6 is 0 Å². The molecular weight excluding hydrogens is 371 g/mol. The van der Waals surface area contributed by atoms with Crippen LogP contribution in [0.2, 0.25) is 0 Å². The fraction of sp³-hybridized carbons (Fsp3) is 0.304. The van der Waals surface area contributed by atoms with Crippen LogP contribution < -0.4 is 10.1 Å². The molecule has 1 N–H and O–H groups in total. The standard InChI is InChI=1S/C23H23FN2O3/c24-18-10-6-17(7-11-18)15-29-20-12-8-16(9-13-20)14-21-22(27)26(23(28)25-21)19-4-2-1-3-5-19/h6-14,19H,1-5,15H2,(H,25,28)/b21-14-. The summed E-state index contributed by atoms with van der Waals surface area (Å²) in [5.41, 5.74) is 1.98. The van der Waals surface area contributed by atoms with E-state index in [-0.39, 0.29) is 23.8 Å². The van der Waals surface area contributed by atoms with E-state index >= 15 is 0 Å². The number of carbonyl (C=O) groups excluding carboxylic acids is 2. The summed E-state index contributed by atoms with van der Waals surface area (Å²) < 4.78 is 18.6. The molecule has 0 aromatic heterocycles. The predicted molar refractivity (Wildman–Crippen MR) is 107 cm³/mol. The number of benzene rings is 2. The number of hydrogen-bond donors (Lipinski definition) is 1. The van der Waals surface area contributed by atoms with Gasteiger partial charge < -0.3 is 10.1 Å². The smallest absolute Gasteiger partial charge is 0.329 e. The Bertz CT molecular complexity index is 916. The molecule has 5 nitrogen and oxygen atoms in total. The van der Waals surface area contributed by atoms with Crippen molar-refractivity contribution < 1.29 is 18.7 Å². The summed E-state index contributed by atoms with van der Waals surface area (Å²) in [7, 11) is 0. The van der Waals surface area contributed by atoms with Gasteiger partial charge in [0.2, 0.25) is 0 Å². The Balaban J connectivity index is 1.39. The fourth-order valence-electron chi connectivity index (χ4n) is 3.79. The first kappa shape index (κ1) is 19.2. The van der Waals surface area contributed by atoms with Gasteiger partial charge >= 0.3 is 6.03 Å². The summed E-state index contributed by atoms with van der Waals surface area (Å²) >= 11 is 0. The van der Waals surface area contributed by atoms with Crippen molar-refractivity contribution in [2.75, 3.05) is 0 Å². The van der Waals surface area contributed by atoms with Gasteiger partial charge in [-0.2, -0.15) is 0 Å². The minimum absolute atomic E-state index is 0.00406. The normalized spacial score (nSPS) is 18.9. The molecule has 29 heavy (non-hydrogen) atoms. The minimum Gasteiger partial charge on any atom is -0.489 e. The zero-order valence-corrected chi connectivity index (χ0v) is 16.1. The highest BCUT2D eigenvalue weighted by Crippen LogP contribution is 2.27. The Hall–Kier alpha value is -3.15. The molecular formula is C23H23FN2O3. The van der Waals surface area contributed by atoms with Crippen LogP contribution in [-0.4, -0.2) is 22.9 Å². The Labute approximate surface area is 169 Å². The van der Waals surface area contributed by atoms with Gasteiger partial charge in [0.05, 0.1) is 0 Å². The van der Waals surface area contributed by atoms with E-state index in [0.29, 0.717) is 18.1 Å². The molecule has 1 aliphatic heterocycles. The van der Waals surface area contributed by atoms with Gasteiger partial charge in [-0.05, 0) is 54.3 Å². The third-order valence-electron chi connectivity index (χ3n) is 5.36. The third-order valence-corrected chi connectivity index (χ3v) is 5.36. The molecule has 0 radical (unpaired) electrons. The van der Waals surface area contributed by atoms with Crippen molar-refractivity contribution in [3.8, 4) is 5.75 Å². The van der Waals surface area contributed by atoms with E-state index in [1.165, 1.54) is 23.5 Å². The first-order chi connectivity index (χ1) is 14.1. The number of carbonyl (C=O) groups is 2. The van der Waals surface area contributed by atoms with Crippen molar-refractivity contribution >= 4 is 18.0 Å². The maximum atomic E-state index is 12.9. The van der Waals surface area contributed by atoms with E-state index < -0.39 is 0 Å². The van der Waals surface area contributed by atoms with Gasteiger partial charge in [0.1, 0.15) is 23.9 Å². The molecule has 1 saturated heterocycles. The molecule has 4 rings (SSSR count). The summed E-state index contributed by atoms with van der Waals surface area (Å²) in [6.45, 7) is 0.339. The van der Waals surface area contributed by atoms with Gasteiger partial charge in [0, 0.05) is 6.04 Å². The molecule has 1 aliphatic carbocycles. The van der Waals surface area contributed by atoms with Crippen LogP contribution in [0.25, 0.3) is 6.08 Å². The average Bonchev–Trinajstić information content (AvgIpc) is 3.02. The third kappa shape index (κ3) is 4.47. The Morgan fingerprint density at radius 2 is 1.69 bits per heavy atom. The Morgan fingerprint density at radius 3 is 2.38 bits per heavy atom. The molecule has 2 fully saturated rings. The highest BCUT2D eigenvalue weighted by atomic mass is 19.1. The van der Waals surface area contributed by atoms with E-state index in [1.807, 2.05) is 12.1 Å². The molecule has 0 unspecified atom stereocenters. The van der Waals surface area contributed by atoms with Crippen LogP contribution in [-0.2, 0) is 11.4 Å². The van der Waals surface area contributed by atoms with Crippen LogP contribution in [0.1, 0.15) is 43.2 Å². The SMILES string of the molecule is O=C1N/C(=C\c2ccc(OCc3ccc(F)cc3)cc2)C(=O)N1C1CCCCC1. The zero-order valence-electron chi connectivity index (χ0n) is 16.1. The zero-order chi connectivity index (χ0) is 20.2. The molecule has 1 heterocycles. The maximum absolute atomic E-state index is 12.9. The summed E-state index contributed by atoms with van der Waals surface area (Å²) in [5.74, 6) is 0.141. The van der Waals surface area contributed by atoms with Crippen molar-refractivity contribution in [3.63, 3.8) is 0 Å². The van der Waals surface area contributed by atoms with Crippen LogP contribution in [0.3, 0.4) is 0 Å². The topological polar surface area (TPSA) is 58.6 Å². The minimum atomic E-state index is -0.326. The fourth-order valence-corrected chi connectivity index (χ4v) is 3.79. The number of imide groups is 1. The molecule has 0 atom stereocenters. The molecule has 2 aromatic carbocycles. The Kier molecular flexibility index (Phi) is 5.60. The van der Waals surface area contributed by atoms with E-state index in [0.717, 1.165) is 36.8 Å². The first-order valence-corrected chi connectivity index (χ1v) is 9.94. The summed E-state index contributed by atoms with van der Waals surface area (Å²) in [5, 5.41) is 2.70. The number of nitrogens with one attached hydrogen (secondary N) is 1. The number of hydrogen-bond acceptors (Lipinski definition) is 3. The molecule has 150 valence electrons. The van der Waals surface area contributed by atoms with Crippen molar-refractivity contribution in [2.45, 2.75) is 44.8 Å². The van der Waals surface area contributed by atoms with Gasteiger partial charge in [0.15, 0.2) is 0 Å². The Morgan fingerprint density at radius 1 is 1.00 bits per heavy atom. The van der Waals surface area contributed by atoms with Crippen molar-refractivity contribution in [1.82, 2.24) is 10.2 Å². The molecule has 0 spiro atoms. The molecule has 1 saturated carbocycles. The highest BCUT2D eigenvalue weighted by molar-refractivity contribution is 6.14. The largest absolute Gasteiger partial charge is 0.489 e. The summed E-state index contributed by atoms with van der Waals surface area (Å²) in [4.78, 5) is 26.4. The van der Waals surface area contributed by atoms with Crippen molar-refractivity contribution in [1.29, 1.82) is 0 Å². The lowest BCUT2D eigenvalue weighted by atomic mass is 9.94. The lowest BCUT2D eigenvalue weighted by molar-refractivity contribution is -0.124. The number of rotatable bonds is 5. The summed E-state index contributed by atoms with van der Waals surface area (Å²) in [6, 6.07) is 13.1. The predicted octanol–water partition coefficient (Wildman–Crippen LogP) is 4.63. The van der Waals surface area contributed by atoms with Crippen molar-refractivity contribution in [2.24, 2.45) is 0 Å². The molecule has 3 amide bonds. The van der Waals surface area contributed by atoms with Gasteiger partial charge in [-0.3, -0.25) is 9.69 Å². The number of urea groups is 1. The molecule has 6 heteroatoms. The van der Waals surface area contributed by atoms with Crippen LogP contribution in [0.5, 0.6) is 5.75 Å². The highest BCUT2D eigenvalue weighted by Gasteiger charge is 2.38. The van der Waals surface area contributed by atoms with Crippen LogP contribution in [0.4, 0.5) is 9.18 Å².